The van der Waals surface area contributed by atoms with Crippen molar-refractivity contribution in [2.45, 2.75) is 6.42 Å². The number of Topliss-reactive ketones (excluding diaryl/α,β-unsaturated/α-hetero) is 1. The number of hydrogen-bond acceptors (Lipinski definition) is 3. The highest BCUT2D eigenvalue weighted by molar-refractivity contribution is 5.89. The number of aryl methyl sites for hydroxylation is 1. The van der Waals surface area contributed by atoms with Gasteiger partial charge in [0, 0.05) is 12.4 Å². The van der Waals surface area contributed by atoms with E-state index in [-0.39, 0.29) is 12.3 Å². The van der Waals surface area contributed by atoms with E-state index in [1.807, 2.05) is 31.3 Å². The number of benzene rings is 1. The molecule has 0 atom stereocenters. The Morgan fingerprint density at radius 1 is 1.47 bits per heavy atom. The second-order valence-corrected chi connectivity index (χ2v) is 3.51. The Hall–Kier alpha value is -1.68. The highest BCUT2D eigenvalue weighted by Gasteiger charge is 2.10. The minimum atomic E-state index is 0.0128. The molecule has 1 aromatic heterocycles. The molecule has 2 rings (SSSR count). The lowest BCUT2D eigenvalue weighted by Gasteiger charge is -1.94. The van der Waals surface area contributed by atoms with Gasteiger partial charge >= 0.3 is 0 Å². The molecule has 2 N–H and O–H groups in total. The first-order valence-corrected chi connectivity index (χ1v) is 4.84. The fraction of sp³-hybridized carbons (Fsp3) is 0.273. The zero-order valence-corrected chi connectivity index (χ0v) is 8.60. The molecule has 15 heavy (non-hydrogen) atoms. The number of nitrogens with two attached hydrogens (primary N) is 1. The lowest BCUT2D eigenvalue weighted by atomic mass is 10.1. The van der Waals surface area contributed by atoms with Gasteiger partial charge in [0.2, 0.25) is 0 Å². The summed E-state index contributed by atoms with van der Waals surface area (Å²) in [5.41, 5.74) is 7.13. The Morgan fingerprint density at radius 2 is 2.20 bits per heavy atom. The van der Waals surface area contributed by atoms with Crippen molar-refractivity contribution in [3.8, 4) is 0 Å². The van der Waals surface area contributed by atoms with E-state index in [1.165, 1.54) is 0 Å². The number of aromatic nitrogens is 2. The number of carbonyl (C=O) groups excluding carboxylic acids is 1. The van der Waals surface area contributed by atoms with E-state index in [1.54, 1.807) is 4.68 Å². The average Bonchev–Trinajstić information content (AvgIpc) is 2.57. The van der Waals surface area contributed by atoms with E-state index in [0.717, 1.165) is 16.6 Å². The van der Waals surface area contributed by atoms with Crippen LogP contribution < -0.4 is 5.73 Å². The maximum Gasteiger partial charge on any atom is 0.152 e. The monoisotopic (exact) mass is 203 g/mol. The van der Waals surface area contributed by atoms with Crippen molar-refractivity contribution < 1.29 is 4.79 Å². The fourth-order valence-electron chi connectivity index (χ4n) is 1.68. The van der Waals surface area contributed by atoms with Crippen molar-refractivity contribution in [2.75, 3.05) is 6.54 Å². The van der Waals surface area contributed by atoms with Gasteiger partial charge in [0.25, 0.3) is 0 Å². The zero-order chi connectivity index (χ0) is 10.8. The zero-order valence-electron chi connectivity index (χ0n) is 8.60. The summed E-state index contributed by atoms with van der Waals surface area (Å²) in [6, 6.07) is 7.86. The summed E-state index contributed by atoms with van der Waals surface area (Å²) in [7, 11) is 1.87. The molecular weight excluding hydrogens is 190 g/mol. The first-order valence-electron chi connectivity index (χ1n) is 4.84. The van der Waals surface area contributed by atoms with Crippen LogP contribution in [0.25, 0.3) is 10.9 Å². The Kier molecular flexibility index (Phi) is 2.51. The maximum atomic E-state index is 11.3. The van der Waals surface area contributed by atoms with Gasteiger partial charge in [-0.3, -0.25) is 9.48 Å². The Morgan fingerprint density at radius 3 is 2.93 bits per heavy atom. The third kappa shape index (κ3) is 1.76. The summed E-state index contributed by atoms with van der Waals surface area (Å²) in [5.74, 6) is 0.0128. The third-order valence-electron chi connectivity index (χ3n) is 2.43. The molecule has 4 heteroatoms. The minimum Gasteiger partial charge on any atom is -0.324 e. The molecule has 0 aliphatic rings. The normalized spacial score (nSPS) is 10.8. The SMILES string of the molecule is Cn1nc(CC(=O)CN)c2ccccc21. The smallest absolute Gasteiger partial charge is 0.152 e. The van der Waals surface area contributed by atoms with Crippen LogP contribution >= 0.6 is 0 Å². The van der Waals surface area contributed by atoms with E-state index < -0.39 is 0 Å². The first-order chi connectivity index (χ1) is 7.22. The van der Waals surface area contributed by atoms with Gasteiger partial charge in [0.05, 0.1) is 24.2 Å². The molecule has 0 bridgehead atoms. The molecule has 0 saturated heterocycles. The lowest BCUT2D eigenvalue weighted by Crippen LogP contribution is -2.16. The summed E-state index contributed by atoms with van der Waals surface area (Å²) in [4.78, 5) is 11.3. The van der Waals surface area contributed by atoms with Crippen LogP contribution in [-0.4, -0.2) is 22.1 Å². The third-order valence-corrected chi connectivity index (χ3v) is 2.43. The number of para-hydroxylation sites is 1. The first kappa shape index (κ1) is 9.86. The van der Waals surface area contributed by atoms with Crippen molar-refractivity contribution in [2.24, 2.45) is 12.8 Å². The van der Waals surface area contributed by atoms with E-state index in [9.17, 15) is 4.79 Å². The van der Waals surface area contributed by atoms with E-state index in [4.69, 9.17) is 5.73 Å². The molecule has 2 aromatic rings. The molecule has 0 fully saturated rings. The van der Waals surface area contributed by atoms with Gasteiger partial charge in [0.15, 0.2) is 5.78 Å². The molecular formula is C11H13N3O. The number of rotatable bonds is 3. The van der Waals surface area contributed by atoms with Crippen LogP contribution in [0.15, 0.2) is 24.3 Å². The largest absolute Gasteiger partial charge is 0.324 e. The maximum absolute atomic E-state index is 11.3. The molecule has 78 valence electrons. The molecule has 0 aliphatic heterocycles. The summed E-state index contributed by atoms with van der Waals surface area (Å²) >= 11 is 0. The van der Waals surface area contributed by atoms with Gasteiger partial charge in [-0.05, 0) is 6.07 Å². The molecule has 0 saturated carbocycles. The van der Waals surface area contributed by atoms with Gasteiger partial charge in [-0.1, -0.05) is 18.2 Å². The quantitative estimate of drug-likeness (QED) is 0.796. The molecule has 0 amide bonds. The van der Waals surface area contributed by atoms with Crippen molar-refractivity contribution >= 4 is 16.7 Å². The molecule has 1 heterocycles. The molecule has 0 spiro atoms. The second kappa shape index (κ2) is 3.82. The average molecular weight is 203 g/mol. The summed E-state index contributed by atoms with van der Waals surface area (Å²) in [5, 5.41) is 5.35. The van der Waals surface area contributed by atoms with Crippen LogP contribution in [0, 0.1) is 0 Å². The van der Waals surface area contributed by atoms with Crippen LogP contribution in [0.1, 0.15) is 5.69 Å². The van der Waals surface area contributed by atoms with Crippen LogP contribution in [-0.2, 0) is 18.3 Å². The van der Waals surface area contributed by atoms with Gasteiger partial charge in [-0.25, -0.2) is 0 Å². The number of hydrogen-bond donors (Lipinski definition) is 1. The van der Waals surface area contributed by atoms with Crippen LogP contribution in [0.2, 0.25) is 0 Å². The molecule has 0 radical (unpaired) electrons. The minimum absolute atomic E-state index is 0.0128. The van der Waals surface area contributed by atoms with Crippen LogP contribution in [0.4, 0.5) is 0 Å². The molecule has 4 nitrogen and oxygen atoms in total. The number of ketones is 1. The summed E-state index contributed by atoms with van der Waals surface area (Å²) in [6.07, 6.45) is 0.317. The van der Waals surface area contributed by atoms with Crippen molar-refractivity contribution in [1.29, 1.82) is 0 Å². The Labute approximate surface area is 87.7 Å². The van der Waals surface area contributed by atoms with E-state index in [2.05, 4.69) is 5.10 Å². The molecule has 0 aliphatic carbocycles. The van der Waals surface area contributed by atoms with Gasteiger partial charge in [0.1, 0.15) is 0 Å². The van der Waals surface area contributed by atoms with E-state index in [0.29, 0.717) is 6.42 Å². The lowest BCUT2D eigenvalue weighted by molar-refractivity contribution is -0.117. The summed E-state index contributed by atoms with van der Waals surface area (Å²) in [6.45, 7) is 0.0743. The number of carbonyl (C=O) groups is 1. The molecule has 1 aromatic carbocycles. The van der Waals surface area contributed by atoms with Crippen molar-refractivity contribution in [3.63, 3.8) is 0 Å². The number of nitrogens with zero attached hydrogens (tertiary/aromatic N) is 2. The highest BCUT2D eigenvalue weighted by atomic mass is 16.1. The summed E-state index contributed by atoms with van der Waals surface area (Å²) < 4.78 is 1.79. The second-order valence-electron chi connectivity index (χ2n) is 3.51. The van der Waals surface area contributed by atoms with Crippen LogP contribution in [0.3, 0.4) is 0 Å². The van der Waals surface area contributed by atoms with Gasteiger partial charge in [-0.2, -0.15) is 5.10 Å². The van der Waals surface area contributed by atoms with Gasteiger partial charge < -0.3 is 5.73 Å². The predicted octanol–water partition coefficient (Wildman–Crippen LogP) is 0.644. The van der Waals surface area contributed by atoms with E-state index >= 15 is 0 Å². The number of fused-ring (bicyclic) bond motifs is 1. The standard InChI is InChI=1S/C11H13N3O/c1-14-11-5-3-2-4-9(11)10(13-14)6-8(15)7-12/h2-5H,6-7,12H2,1H3. The Balaban J connectivity index is 2.48. The van der Waals surface area contributed by atoms with Crippen molar-refractivity contribution in [1.82, 2.24) is 9.78 Å². The Bertz CT molecular complexity index is 502. The topological polar surface area (TPSA) is 60.9 Å². The van der Waals surface area contributed by atoms with Crippen LogP contribution in [0.5, 0.6) is 0 Å². The fourth-order valence-corrected chi connectivity index (χ4v) is 1.68. The predicted molar refractivity (Wildman–Crippen MR) is 58.5 cm³/mol. The van der Waals surface area contributed by atoms with Crippen molar-refractivity contribution in [3.05, 3.63) is 30.0 Å². The highest BCUT2D eigenvalue weighted by Crippen LogP contribution is 2.17. The molecule has 0 unspecified atom stereocenters. The van der Waals surface area contributed by atoms with Gasteiger partial charge in [-0.15, -0.1) is 0 Å².